The maximum absolute atomic E-state index is 12.2. The lowest BCUT2D eigenvalue weighted by Gasteiger charge is -2.43. The molecule has 0 bridgehead atoms. The van der Waals surface area contributed by atoms with Crippen LogP contribution in [0.4, 0.5) is 0 Å². The molecule has 2 N–H and O–H groups in total. The van der Waals surface area contributed by atoms with Crippen LogP contribution in [0, 0.1) is 0 Å². The zero-order chi connectivity index (χ0) is 16.7. The summed E-state index contributed by atoms with van der Waals surface area (Å²) in [5, 5.41) is 11.9. The van der Waals surface area contributed by atoms with Gasteiger partial charge in [-0.1, -0.05) is 18.2 Å². The summed E-state index contributed by atoms with van der Waals surface area (Å²) in [6.45, 7) is 1.35. The molecule has 0 saturated carbocycles. The first-order chi connectivity index (χ1) is 10.9. The molecule has 2 fully saturated rings. The Morgan fingerprint density at radius 1 is 1.22 bits per heavy atom. The van der Waals surface area contributed by atoms with Crippen LogP contribution >= 0.6 is 0 Å². The number of β-lactam (4-membered cyclic amide) rings is 1. The molecule has 3 amide bonds. The van der Waals surface area contributed by atoms with Crippen molar-refractivity contribution in [2.75, 3.05) is 6.54 Å². The van der Waals surface area contributed by atoms with Gasteiger partial charge in [0, 0.05) is 19.0 Å². The molecule has 0 aromatic heterocycles. The summed E-state index contributed by atoms with van der Waals surface area (Å²) in [5.74, 6) is -2.58. The molecule has 2 aliphatic heterocycles. The average Bonchev–Trinajstić information content (AvgIpc) is 2.89. The first-order valence-electron chi connectivity index (χ1n) is 7.10. The van der Waals surface area contributed by atoms with Crippen LogP contribution in [-0.4, -0.2) is 63.4 Å². The van der Waals surface area contributed by atoms with Crippen molar-refractivity contribution in [2.24, 2.45) is 0 Å². The number of hydrogen-bond donors (Lipinski definition) is 2. The second-order valence-electron chi connectivity index (χ2n) is 5.51. The molecule has 3 atom stereocenters. The molecule has 2 heterocycles. The van der Waals surface area contributed by atoms with Crippen molar-refractivity contribution in [3.8, 4) is 0 Å². The predicted molar refractivity (Wildman–Crippen MR) is 77.1 cm³/mol. The molecule has 1 aromatic rings. The van der Waals surface area contributed by atoms with Crippen molar-refractivity contribution in [3.63, 3.8) is 0 Å². The zero-order valence-corrected chi connectivity index (χ0v) is 12.3. The number of carbonyl (C=O) groups is 4. The Hall–Kier alpha value is -2.90. The van der Waals surface area contributed by atoms with Gasteiger partial charge in [-0.2, -0.15) is 0 Å². The van der Waals surface area contributed by atoms with Crippen LogP contribution in [0.2, 0.25) is 0 Å². The number of fused-ring (bicyclic) bond motifs is 1. The highest BCUT2D eigenvalue weighted by Crippen LogP contribution is 2.32. The zero-order valence-electron chi connectivity index (χ0n) is 12.3. The first-order valence-corrected chi connectivity index (χ1v) is 7.10. The Morgan fingerprint density at radius 3 is 2.43 bits per heavy atom. The van der Waals surface area contributed by atoms with E-state index in [0.29, 0.717) is 5.56 Å². The summed E-state index contributed by atoms with van der Waals surface area (Å²) in [6.07, 6.45) is -1.30. The number of carbonyl (C=O) groups excluding carboxylic acids is 3. The number of carboxylic acids is 1. The minimum absolute atomic E-state index is 0.0950. The van der Waals surface area contributed by atoms with Crippen LogP contribution in [0.1, 0.15) is 17.3 Å². The number of benzene rings is 1. The van der Waals surface area contributed by atoms with Gasteiger partial charge in [0.25, 0.3) is 5.91 Å². The molecule has 23 heavy (non-hydrogen) atoms. The van der Waals surface area contributed by atoms with Gasteiger partial charge in [-0.05, 0) is 12.1 Å². The van der Waals surface area contributed by atoms with E-state index in [1.807, 2.05) is 0 Å². The Bertz CT molecular complexity index is 690. The molecule has 1 aromatic carbocycles. The topological polar surface area (TPSA) is 107 Å². The molecule has 2 aliphatic rings. The molecule has 8 heteroatoms. The van der Waals surface area contributed by atoms with E-state index in [1.165, 1.54) is 6.92 Å². The minimum Gasteiger partial charge on any atom is -0.478 e. The molecule has 120 valence electrons. The van der Waals surface area contributed by atoms with Crippen molar-refractivity contribution >= 4 is 23.7 Å². The molecular formula is C15H15N3O5. The van der Waals surface area contributed by atoms with Gasteiger partial charge < -0.3 is 20.2 Å². The molecule has 0 radical (unpaired) electrons. The second-order valence-corrected chi connectivity index (χ2v) is 5.51. The van der Waals surface area contributed by atoms with Crippen LogP contribution in [-0.2, 0) is 14.4 Å². The lowest BCUT2D eigenvalue weighted by molar-refractivity contribution is -0.164. The van der Waals surface area contributed by atoms with Crippen LogP contribution in [0.3, 0.4) is 0 Å². The monoisotopic (exact) mass is 317 g/mol. The van der Waals surface area contributed by atoms with Crippen molar-refractivity contribution in [1.29, 1.82) is 0 Å². The largest absolute Gasteiger partial charge is 0.478 e. The smallest absolute Gasteiger partial charge is 0.347 e. The van der Waals surface area contributed by atoms with Crippen molar-refractivity contribution in [2.45, 2.75) is 25.2 Å². The third-order valence-corrected chi connectivity index (χ3v) is 4.15. The Kier molecular flexibility index (Phi) is 3.51. The minimum atomic E-state index is -1.30. The van der Waals surface area contributed by atoms with Gasteiger partial charge in [0.15, 0.2) is 0 Å². The number of hydrogen-bond acceptors (Lipinski definition) is 4. The summed E-state index contributed by atoms with van der Waals surface area (Å²) >= 11 is 0. The number of nitrogens with one attached hydrogen (secondary N) is 1. The van der Waals surface area contributed by atoms with Gasteiger partial charge in [0.1, 0.15) is 6.04 Å². The molecule has 3 rings (SSSR count). The van der Waals surface area contributed by atoms with E-state index in [2.05, 4.69) is 5.32 Å². The number of nitrogens with zero attached hydrogens (tertiary/aromatic N) is 2. The van der Waals surface area contributed by atoms with Crippen LogP contribution in [0.5, 0.6) is 0 Å². The summed E-state index contributed by atoms with van der Waals surface area (Å²) in [6, 6.07) is 7.09. The van der Waals surface area contributed by atoms with E-state index < -0.39 is 41.9 Å². The molecule has 0 spiro atoms. The lowest BCUT2D eigenvalue weighted by Crippen LogP contribution is -2.71. The molecular weight excluding hydrogens is 302 g/mol. The SMILES string of the molecule is CC(=O)N1CC2[C@H](NC(=O)c3ccccc3)C(=O)N2C1C(=O)O. The first kappa shape index (κ1) is 15.0. The van der Waals surface area contributed by atoms with Gasteiger partial charge >= 0.3 is 5.97 Å². The highest BCUT2D eigenvalue weighted by atomic mass is 16.4. The fourth-order valence-electron chi connectivity index (χ4n) is 3.04. The van der Waals surface area contributed by atoms with E-state index in [1.54, 1.807) is 30.3 Å². The normalized spacial score (nSPS) is 25.6. The predicted octanol–water partition coefficient (Wildman–Crippen LogP) is -0.731. The average molecular weight is 317 g/mol. The van der Waals surface area contributed by atoms with Crippen molar-refractivity contribution in [1.82, 2.24) is 15.1 Å². The van der Waals surface area contributed by atoms with Crippen molar-refractivity contribution < 1.29 is 24.3 Å². The molecule has 2 unspecified atom stereocenters. The second kappa shape index (κ2) is 5.38. The standard InChI is InChI=1S/C15H15N3O5/c1-8(19)17-7-10-11(14(21)18(10)13(17)15(22)23)16-12(20)9-5-3-2-4-6-9/h2-6,10-11,13H,7H2,1H3,(H,16,20)(H,22,23)/t10?,11-,13?/m0/s1. The van der Waals surface area contributed by atoms with Crippen LogP contribution in [0.15, 0.2) is 30.3 Å². The summed E-state index contributed by atoms with van der Waals surface area (Å²) in [4.78, 5) is 49.5. The summed E-state index contributed by atoms with van der Waals surface area (Å²) in [7, 11) is 0. The van der Waals surface area contributed by atoms with Gasteiger partial charge in [-0.25, -0.2) is 4.79 Å². The van der Waals surface area contributed by atoms with Crippen LogP contribution in [0.25, 0.3) is 0 Å². The summed E-state index contributed by atoms with van der Waals surface area (Å²) < 4.78 is 0. The highest BCUT2D eigenvalue weighted by molar-refractivity contribution is 6.02. The van der Waals surface area contributed by atoms with E-state index in [-0.39, 0.29) is 6.54 Å². The van der Waals surface area contributed by atoms with E-state index >= 15 is 0 Å². The third kappa shape index (κ3) is 2.32. The third-order valence-electron chi connectivity index (χ3n) is 4.15. The number of rotatable bonds is 3. The maximum atomic E-state index is 12.2. The lowest BCUT2D eigenvalue weighted by atomic mass is 9.96. The van der Waals surface area contributed by atoms with E-state index in [9.17, 15) is 24.3 Å². The van der Waals surface area contributed by atoms with Crippen molar-refractivity contribution in [3.05, 3.63) is 35.9 Å². The Balaban J connectivity index is 1.76. The van der Waals surface area contributed by atoms with E-state index in [0.717, 1.165) is 9.80 Å². The fraction of sp³-hybridized carbons (Fsp3) is 0.333. The Labute approximate surface area is 131 Å². The molecule has 8 nitrogen and oxygen atoms in total. The van der Waals surface area contributed by atoms with Gasteiger partial charge in [0.2, 0.25) is 18.0 Å². The van der Waals surface area contributed by atoms with Gasteiger partial charge in [-0.15, -0.1) is 0 Å². The van der Waals surface area contributed by atoms with Gasteiger partial charge in [0.05, 0.1) is 6.04 Å². The number of amides is 3. The van der Waals surface area contributed by atoms with Gasteiger partial charge in [-0.3, -0.25) is 14.4 Å². The quantitative estimate of drug-likeness (QED) is 0.715. The molecule has 2 saturated heterocycles. The van der Waals surface area contributed by atoms with Crippen LogP contribution < -0.4 is 5.32 Å². The highest BCUT2D eigenvalue weighted by Gasteiger charge is 2.60. The number of aliphatic carboxylic acids is 1. The number of carboxylic acid groups (broad SMARTS) is 1. The maximum Gasteiger partial charge on any atom is 0.347 e. The fourth-order valence-corrected chi connectivity index (χ4v) is 3.04. The van der Waals surface area contributed by atoms with E-state index in [4.69, 9.17) is 0 Å². The molecule has 0 aliphatic carbocycles. The Morgan fingerprint density at radius 2 is 1.87 bits per heavy atom. The summed E-state index contributed by atoms with van der Waals surface area (Å²) in [5.41, 5.74) is 0.412.